The zero-order valence-corrected chi connectivity index (χ0v) is 14.2. The average Bonchev–Trinajstić information content (AvgIpc) is 3.20. The third-order valence-electron chi connectivity index (χ3n) is 4.17. The van der Waals surface area contributed by atoms with Gasteiger partial charge < -0.3 is 5.11 Å². The van der Waals surface area contributed by atoms with E-state index in [2.05, 4.69) is 4.99 Å². The SMILES string of the molecule is O=c1c(C=C2C=CC=N2)c(O)n(-c2ccccc2)c(=O)n1-c1ccccc1. The van der Waals surface area contributed by atoms with Crippen molar-refractivity contribution in [3.63, 3.8) is 0 Å². The van der Waals surface area contributed by atoms with E-state index in [-0.39, 0.29) is 5.56 Å². The van der Waals surface area contributed by atoms with Gasteiger partial charge in [-0.2, -0.15) is 0 Å². The molecule has 1 aliphatic heterocycles. The van der Waals surface area contributed by atoms with Gasteiger partial charge in [-0.05, 0) is 42.5 Å². The predicted molar refractivity (Wildman–Crippen MR) is 105 cm³/mol. The van der Waals surface area contributed by atoms with Crippen LogP contribution < -0.4 is 11.2 Å². The molecular formula is C21H15N3O3. The summed E-state index contributed by atoms with van der Waals surface area (Å²) in [4.78, 5) is 30.3. The van der Waals surface area contributed by atoms with E-state index < -0.39 is 17.1 Å². The number of hydrogen-bond acceptors (Lipinski definition) is 4. The lowest BCUT2D eigenvalue weighted by molar-refractivity contribution is 0.426. The molecule has 6 heteroatoms. The minimum absolute atomic E-state index is 0.0130. The molecule has 0 aliphatic carbocycles. The fourth-order valence-electron chi connectivity index (χ4n) is 2.90. The molecule has 4 rings (SSSR count). The number of nitrogens with zero attached hydrogens (tertiary/aromatic N) is 3. The summed E-state index contributed by atoms with van der Waals surface area (Å²) < 4.78 is 2.16. The fourth-order valence-corrected chi connectivity index (χ4v) is 2.90. The summed E-state index contributed by atoms with van der Waals surface area (Å²) in [5.41, 5.74) is 0.111. The Morgan fingerprint density at radius 2 is 1.44 bits per heavy atom. The van der Waals surface area contributed by atoms with E-state index in [1.165, 1.54) is 6.08 Å². The summed E-state index contributed by atoms with van der Waals surface area (Å²) in [6.45, 7) is 0. The van der Waals surface area contributed by atoms with Crippen molar-refractivity contribution in [2.75, 3.05) is 0 Å². The Balaban J connectivity index is 2.10. The van der Waals surface area contributed by atoms with E-state index in [9.17, 15) is 14.7 Å². The number of benzene rings is 2. The van der Waals surface area contributed by atoms with Gasteiger partial charge in [0.2, 0.25) is 5.88 Å². The highest BCUT2D eigenvalue weighted by Crippen LogP contribution is 2.21. The Morgan fingerprint density at radius 3 is 2.00 bits per heavy atom. The summed E-state index contributed by atoms with van der Waals surface area (Å²) in [5, 5.41) is 10.8. The van der Waals surface area contributed by atoms with E-state index >= 15 is 0 Å². The van der Waals surface area contributed by atoms with Crippen molar-refractivity contribution in [2.24, 2.45) is 4.99 Å². The van der Waals surface area contributed by atoms with Crippen molar-refractivity contribution in [3.8, 4) is 17.3 Å². The lowest BCUT2D eigenvalue weighted by Crippen LogP contribution is -2.39. The molecule has 1 N–H and O–H groups in total. The normalized spacial score (nSPS) is 14.1. The smallest absolute Gasteiger partial charge is 0.343 e. The van der Waals surface area contributed by atoms with Gasteiger partial charge in [0.15, 0.2) is 0 Å². The number of aliphatic imine (C=N–C) groups is 1. The van der Waals surface area contributed by atoms with Crippen LogP contribution in [0, 0.1) is 0 Å². The van der Waals surface area contributed by atoms with Crippen LogP contribution in [0.2, 0.25) is 0 Å². The van der Waals surface area contributed by atoms with Gasteiger partial charge in [0.1, 0.15) is 5.56 Å². The predicted octanol–water partition coefficient (Wildman–Crippen LogP) is 2.68. The number of rotatable bonds is 3. The third kappa shape index (κ3) is 2.93. The monoisotopic (exact) mass is 357 g/mol. The standard InChI is InChI=1S/C21H15N3O3/c25-19-18(14-15-8-7-13-22-15)20(26)24(17-11-5-2-6-12-17)21(27)23(19)16-9-3-1-4-10-16/h1-14,25H. The molecule has 0 amide bonds. The first kappa shape index (κ1) is 16.5. The summed E-state index contributed by atoms with van der Waals surface area (Å²) >= 11 is 0. The van der Waals surface area contributed by atoms with Gasteiger partial charge in [-0.15, -0.1) is 0 Å². The molecule has 1 aromatic heterocycles. The van der Waals surface area contributed by atoms with Crippen LogP contribution in [0.4, 0.5) is 0 Å². The van der Waals surface area contributed by atoms with Crippen LogP contribution in [0.3, 0.4) is 0 Å². The van der Waals surface area contributed by atoms with Crippen LogP contribution in [0.25, 0.3) is 17.5 Å². The van der Waals surface area contributed by atoms with Crippen LogP contribution >= 0.6 is 0 Å². The van der Waals surface area contributed by atoms with Crippen molar-refractivity contribution >= 4 is 12.3 Å². The zero-order chi connectivity index (χ0) is 18.8. The first-order valence-corrected chi connectivity index (χ1v) is 8.31. The topological polar surface area (TPSA) is 76.6 Å². The van der Waals surface area contributed by atoms with Crippen LogP contribution in [-0.2, 0) is 0 Å². The Hall–Kier alpha value is -3.93. The van der Waals surface area contributed by atoms with Gasteiger partial charge >= 0.3 is 5.69 Å². The molecule has 2 aromatic carbocycles. The maximum atomic E-state index is 13.1. The maximum absolute atomic E-state index is 13.1. The summed E-state index contributed by atoms with van der Waals surface area (Å²) in [5.74, 6) is -0.425. The quantitative estimate of drug-likeness (QED) is 0.783. The first-order chi connectivity index (χ1) is 13.2. The highest BCUT2D eigenvalue weighted by atomic mass is 16.3. The highest BCUT2D eigenvalue weighted by Gasteiger charge is 2.20. The molecule has 27 heavy (non-hydrogen) atoms. The van der Waals surface area contributed by atoms with E-state index in [1.54, 1.807) is 79.0 Å². The first-order valence-electron chi connectivity index (χ1n) is 8.31. The molecule has 0 bridgehead atoms. The lowest BCUT2D eigenvalue weighted by atomic mass is 10.2. The third-order valence-corrected chi connectivity index (χ3v) is 4.17. The van der Waals surface area contributed by atoms with E-state index in [4.69, 9.17) is 0 Å². The lowest BCUT2D eigenvalue weighted by Gasteiger charge is -2.14. The van der Waals surface area contributed by atoms with Gasteiger partial charge in [-0.3, -0.25) is 9.79 Å². The molecule has 0 saturated carbocycles. The van der Waals surface area contributed by atoms with Gasteiger partial charge in [0.05, 0.1) is 17.1 Å². The second kappa shape index (κ2) is 6.76. The minimum atomic E-state index is -0.650. The van der Waals surface area contributed by atoms with Crippen molar-refractivity contribution < 1.29 is 5.11 Å². The Labute approximate surface area is 154 Å². The van der Waals surface area contributed by atoms with Crippen molar-refractivity contribution in [1.82, 2.24) is 9.13 Å². The molecule has 0 fully saturated rings. The molecule has 0 radical (unpaired) electrons. The Bertz CT molecular complexity index is 1190. The summed E-state index contributed by atoms with van der Waals surface area (Å²) in [6.07, 6.45) is 6.50. The molecule has 0 atom stereocenters. The highest BCUT2D eigenvalue weighted by molar-refractivity contribution is 5.79. The largest absolute Gasteiger partial charge is 0.494 e. The Kier molecular flexibility index (Phi) is 4.14. The Morgan fingerprint density at radius 1 is 0.852 bits per heavy atom. The van der Waals surface area contributed by atoms with E-state index in [1.807, 2.05) is 0 Å². The summed E-state index contributed by atoms with van der Waals surface area (Å²) in [6, 6.07) is 17.3. The van der Waals surface area contributed by atoms with Gasteiger partial charge in [0.25, 0.3) is 5.56 Å². The second-order valence-corrected chi connectivity index (χ2v) is 5.87. The van der Waals surface area contributed by atoms with Crippen molar-refractivity contribution in [2.45, 2.75) is 0 Å². The molecule has 6 nitrogen and oxygen atoms in total. The number of aromatic hydroxyl groups is 1. The number of aromatic nitrogens is 2. The van der Waals surface area contributed by atoms with Gasteiger partial charge in [-0.25, -0.2) is 13.9 Å². The van der Waals surface area contributed by atoms with E-state index in [0.717, 1.165) is 9.13 Å². The second-order valence-electron chi connectivity index (χ2n) is 5.87. The molecule has 2 heterocycles. The number of hydrogen-bond donors (Lipinski definition) is 1. The van der Waals surface area contributed by atoms with Gasteiger partial charge in [0, 0.05) is 6.21 Å². The molecule has 0 spiro atoms. The maximum Gasteiger partial charge on any atom is 0.343 e. The van der Waals surface area contributed by atoms with Crippen LogP contribution in [0.5, 0.6) is 5.88 Å². The number of allylic oxidation sites excluding steroid dienone is 2. The van der Waals surface area contributed by atoms with Crippen LogP contribution in [0.1, 0.15) is 5.56 Å². The number of para-hydroxylation sites is 2. The van der Waals surface area contributed by atoms with Crippen LogP contribution in [-0.4, -0.2) is 20.5 Å². The molecular weight excluding hydrogens is 342 g/mol. The van der Waals surface area contributed by atoms with Crippen molar-refractivity contribution in [1.29, 1.82) is 0 Å². The van der Waals surface area contributed by atoms with Crippen molar-refractivity contribution in [3.05, 3.63) is 105 Å². The average molecular weight is 357 g/mol. The molecule has 1 aliphatic rings. The zero-order valence-electron chi connectivity index (χ0n) is 14.2. The molecule has 0 saturated heterocycles. The molecule has 0 unspecified atom stereocenters. The minimum Gasteiger partial charge on any atom is -0.494 e. The van der Waals surface area contributed by atoms with E-state index in [0.29, 0.717) is 17.1 Å². The summed E-state index contributed by atoms with van der Waals surface area (Å²) in [7, 11) is 0. The van der Waals surface area contributed by atoms with Crippen LogP contribution in [0.15, 0.2) is 93.1 Å². The molecule has 3 aromatic rings. The fraction of sp³-hybridized carbons (Fsp3) is 0. The van der Waals surface area contributed by atoms with Gasteiger partial charge in [-0.1, -0.05) is 36.4 Å². The molecule has 132 valence electrons.